The number of ether oxygens (including phenoxy) is 1. The van der Waals surface area contributed by atoms with Gasteiger partial charge in [-0.05, 0) is 79.9 Å². The van der Waals surface area contributed by atoms with Crippen molar-refractivity contribution in [1.82, 2.24) is 15.1 Å². The van der Waals surface area contributed by atoms with E-state index < -0.39 is 18.0 Å². The number of benzene rings is 3. The van der Waals surface area contributed by atoms with Crippen LogP contribution in [0.5, 0.6) is 0 Å². The first-order valence-corrected chi connectivity index (χ1v) is 13.9. The number of hydrogen-bond acceptors (Lipinski definition) is 6. The molecule has 3 heterocycles. The van der Waals surface area contributed by atoms with E-state index in [0.717, 1.165) is 62.5 Å². The summed E-state index contributed by atoms with van der Waals surface area (Å²) in [6.45, 7) is 5.05. The van der Waals surface area contributed by atoms with Gasteiger partial charge in [-0.2, -0.15) is 5.10 Å². The van der Waals surface area contributed by atoms with Gasteiger partial charge in [0, 0.05) is 71.0 Å². The summed E-state index contributed by atoms with van der Waals surface area (Å²) < 4.78 is 50.6. The van der Waals surface area contributed by atoms with E-state index in [1.165, 1.54) is 12.1 Å². The van der Waals surface area contributed by atoms with E-state index in [9.17, 15) is 13.6 Å². The smallest absolute Gasteiger partial charge is 0.258 e. The number of halogens is 2. The Morgan fingerprint density at radius 1 is 1.02 bits per heavy atom. The van der Waals surface area contributed by atoms with Crippen molar-refractivity contribution in [1.29, 1.82) is 0 Å². The first-order valence-electron chi connectivity index (χ1n) is 14.9. The molecule has 1 amide bonds. The van der Waals surface area contributed by atoms with Gasteiger partial charge in [0.05, 0.1) is 11.1 Å². The number of rotatable bonds is 7. The second-order valence-electron chi connectivity index (χ2n) is 10.6. The van der Waals surface area contributed by atoms with Gasteiger partial charge < -0.3 is 25.2 Å². The zero-order chi connectivity index (χ0) is 30.1. The summed E-state index contributed by atoms with van der Waals surface area (Å²) in [5.41, 5.74) is 2.83. The second kappa shape index (κ2) is 11.8. The van der Waals surface area contributed by atoms with Gasteiger partial charge in [0.1, 0.15) is 11.6 Å². The zero-order valence-corrected chi connectivity index (χ0v) is 22.8. The average molecular weight is 563 g/mol. The molecule has 3 N–H and O–H groups in total. The molecule has 8 nitrogen and oxygen atoms in total. The SMILES string of the molecule is [2H]C([2H])(c1cc(F)cc(F)c1)c1ccc2[nH]nc(NC(=O)c3ccc(N4CCN(C)CC4)cc3NC3CCOCC3)c2c1. The Balaban J connectivity index is 1.29. The minimum absolute atomic E-state index is 0.150. The molecule has 4 aromatic rings. The molecule has 41 heavy (non-hydrogen) atoms. The Morgan fingerprint density at radius 2 is 1.78 bits per heavy atom. The number of anilines is 3. The standard InChI is InChI=1S/C31H34F2N6O2/c1-38-8-10-39(11-9-38)25-3-4-26(29(19-25)34-24-6-12-41-13-7-24)31(40)35-30-27-17-20(2-5-28(27)36-37-30)14-21-15-22(32)18-23(33)16-21/h2-5,15-19,24,34H,6-14H2,1H3,(H2,35,36,37,40)/i14D2. The summed E-state index contributed by atoms with van der Waals surface area (Å²) in [5.74, 6) is -1.86. The zero-order valence-electron chi connectivity index (χ0n) is 24.8. The van der Waals surface area contributed by atoms with Crippen molar-refractivity contribution in [3.8, 4) is 0 Å². The van der Waals surface area contributed by atoms with Gasteiger partial charge in [0.25, 0.3) is 5.91 Å². The van der Waals surface area contributed by atoms with Crippen LogP contribution in [0.25, 0.3) is 10.9 Å². The maximum Gasteiger partial charge on any atom is 0.258 e. The number of aromatic nitrogens is 2. The monoisotopic (exact) mass is 562 g/mol. The van der Waals surface area contributed by atoms with Crippen LogP contribution in [0.1, 0.15) is 37.1 Å². The lowest BCUT2D eigenvalue weighted by molar-refractivity contribution is 0.0904. The first-order chi connectivity index (χ1) is 20.7. The number of nitrogens with zero attached hydrogens (tertiary/aromatic N) is 3. The highest BCUT2D eigenvalue weighted by molar-refractivity contribution is 6.11. The van der Waals surface area contributed by atoms with E-state index >= 15 is 0 Å². The van der Waals surface area contributed by atoms with Crippen molar-refractivity contribution in [3.05, 3.63) is 82.9 Å². The van der Waals surface area contributed by atoms with Gasteiger partial charge in [0.15, 0.2) is 5.82 Å². The molecule has 0 bridgehead atoms. The van der Waals surface area contributed by atoms with Gasteiger partial charge in [0.2, 0.25) is 0 Å². The van der Waals surface area contributed by atoms with E-state index in [4.69, 9.17) is 7.48 Å². The van der Waals surface area contributed by atoms with E-state index in [0.29, 0.717) is 35.7 Å². The number of fused-ring (bicyclic) bond motifs is 1. The summed E-state index contributed by atoms with van der Waals surface area (Å²) in [5, 5.41) is 14.1. The second-order valence-corrected chi connectivity index (χ2v) is 10.6. The quantitative estimate of drug-likeness (QED) is 0.293. The molecule has 0 spiro atoms. The Bertz CT molecular complexity index is 1610. The van der Waals surface area contributed by atoms with Crippen molar-refractivity contribution in [2.75, 3.05) is 62.0 Å². The minimum atomic E-state index is -2.20. The Kier molecular flexibility index (Phi) is 7.15. The third-order valence-electron chi connectivity index (χ3n) is 7.64. The summed E-state index contributed by atoms with van der Waals surface area (Å²) in [6.07, 6.45) is -0.525. The molecule has 2 aliphatic heterocycles. The predicted molar refractivity (Wildman–Crippen MR) is 157 cm³/mol. The molecule has 0 aliphatic carbocycles. The number of amides is 1. The van der Waals surface area contributed by atoms with Crippen LogP contribution in [0, 0.1) is 11.6 Å². The molecule has 2 saturated heterocycles. The van der Waals surface area contributed by atoms with E-state index in [1.807, 2.05) is 18.2 Å². The number of carbonyl (C=O) groups is 1. The minimum Gasteiger partial charge on any atom is -0.381 e. The lowest BCUT2D eigenvalue weighted by atomic mass is 10.0. The van der Waals surface area contributed by atoms with E-state index in [1.54, 1.807) is 6.07 Å². The number of carbonyl (C=O) groups excluding carboxylic acids is 1. The lowest BCUT2D eigenvalue weighted by Crippen LogP contribution is -2.44. The van der Waals surface area contributed by atoms with Gasteiger partial charge >= 0.3 is 0 Å². The molecule has 2 fully saturated rings. The number of H-pyrrole nitrogens is 1. The highest BCUT2D eigenvalue weighted by atomic mass is 19.1. The fourth-order valence-corrected chi connectivity index (χ4v) is 5.33. The van der Waals surface area contributed by atoms with E-state index in [-0.39, 0.29) is 28.9 Å². The number of aromatic amines is 1. The Labute approximate surface area is 240 Å². The number of piperazine rings is 1. The molecule has 0 atom stereocenters. The molecule has 1 aromatic heterocycles. The van der Waals surface area contributed by atoms with Crippen molar-refractivity contribution >= 4 is 34.0 Å². The number of hydrogen-bond donors (Lipinski definition) is 3. The van der Waals surface area contributed by atoms with Gasteiger partial charge in [-0.25, -0.2) is 8.78 Å². The molecule has 0 saturated carbocycles. The summed E-state index contributed by atoms with van der Waals surface area (Å²) in [6, 6.07) is 13.3. The summed E-state index contributed by atoms with van der Waals surface area (Å²) >= 11 is 0. The maximum atomic E-state index is 13.9. The predicted octanol–water partition coefficient (Wildman–Crippen LogP) is 5.03. The molecule has 214 valence electrons. The Hall–Kier alpha value is -4.02. The van der Waals surface area contributed by atoms with Crippen molar-refractivity contribution in [2.24, 2.45) is 0 Å². The Morgan fingerprint density at radius 3 is 2.54 bits per heavy atom. The molecule has 2 aliphatic rings. The van der Waals surface area contributed by atoms with Crippen molar-refractivity contribution < 1.29 is 21.1 Å². The molecular formula is C31H34F2N6O2. The van der Waals surface area contributed by atoms with Crippen LogP contribution in [0.2, 0.25) is 0 Å². The summed E-state index contributed by atoms with van der Waals surface area (Å²) in [7, 11) is 2.11. The van der Waals surface area contributed by atoms with Gasteiger partial charge in [-0.1, -0.05) is 6.07 Å². The molecule has 3 aromatic carbocycles. The highest BCUT2D eigenvalue weighted by Gasteiger charge is 2.22. The third-order valence-corrected chi connectivity index (χ3v) is 7.64. The molecule has 6 rings (SSSR count). The molecule has 0 radical (unpaired) electrons. The van der Waals surface area contributed by atoms with Crippen LogP contribution < -0.4 is 15.5 Å². The van der Waals surface area contributed by atoms with Crippen LogP contribution in [0.15, 0.2) is 54.6 Å². The van der Waals surface area contributed by atoms with Crippen LogP contribution in [0.4, 0.5) is 26.0 Å². The largest absolute Gasteiger partial charge is 0.381 e. The number of likely N-dealkylation sites (N-methyl/N-ethyl adjacent to an activating group) is 1. The summed E-state index contributed by atoms with van der Waals surface area (Å²) in [4.78, 5) is 18.3. The van der Waals surface area contributed by atoms with Crippen molar-refractivity contribution in [2.45, 2.75) is 25.3 Å². The van der Waals surface area contributed by atoms with Gasteiger partial charge in [-0.3, -0.25) is 9.89 Å². The van der Waals surface area contributed by atoms with E-state index in [2.05, 4.69) is 37.7 Å². The number of nitrogens with one attached hydrogen (secondary N) is 3. The average Bonchev–Trinajstić information content (AvgIpc) is 3.39. The fourth-order valence-electron chi connectivity index (χ4n) is 5.33. The van der Waals surface area contributed by atoms with Crippen LogP contribution in [-0.2, 0) is 11.1 Å². The highest BCUT2D eigenvalue weighted by Crippen LogP contribution is 2.29. The molecule has 10 heteroatoms. The first kappa shape index (κ1) is 24.8. The normalized spacial score (nSPS) is 17.8. The fraction of sp³-hybridized carbons (Fsp3) is 0.355. The lowest BCUT2D eigenvalue weighted by Gasteiger charge is -2.34. The van der Waals surface area contributed by atoms with Crippen LogP contribution in [0.3, 0.4) is 0 Å². The third kappa shape index (κ3) is 6.34. The van der Waals surface area contributed by atoms with Crippen molar-refractivity contribution in [3.63, 3.8) is 0 Å². The van der Waals surface area contributed by atoms with Gasteiger partial charge in [-0.15, -0.1) is 0 Å². The topological polar surface area (TPSA) is 85.5 Å². The van der Waals surface area contributed by atoms with Crippen LogP contribution >= 0.6 is 0 Å². The molecule has 0 unspecified atom stereocenters. The molecular weight excluding hydrogens is 526 g/mol. The van der Waals surface area contributed by atoms with Crippen LogP contribution in [-0.4, -0.2) is 73.5 Å². The maximum absolute atomic E-state index is 13.9.